The minimum atomic E-state index is 0.564. The lowest BCUT2D eigenvalue weighted by molar-refractivity contribution is 1.07. The van der Waals surface area contributed by atoms with Crippen LogP contribution in [0.1, 0.15) is 12.0 Å². The maximum absolute atomic E-state index is 5.63. The summed E-state index contributed by atoms with van der Waals surface area (Å²) in [6.45, 7) is 0.564. The summed E-state index contributed by atoms with van der Waals surface area (Å²) in [6, 6.07) is 16.5. The molecule has 1 aliphatic heterocycles. The Hall–Kier alpha value is -2.30. The predicted molar refractivity (Wildman–Crippen MR) is 98.1 cm³/mol. The van der Waals surface area contributed by atoms with E-state index in [0.29, 0.717) is 6.54 Å². The lowest BCUT2D eigenvalue weighted by atomic mass is 10.1. The van der Waals surface area contributed by atoms with Crippen molar-refractivity contribution in [2.45, 2.75) is 17.9 Å². The highest BCUT2D eigenvalue weighted by atomic mass is 32.2. The molecule has 0 unspecified atom stereocenters. The average molecular weight is 319 g/mol. The zero-order valence-electron chi connectivity index (χ0n) is 12.6. The summed E-state index contributed by atoms with van der Waals surface area (Å²) in [5.41, 5.74) is 11.2. The summed E-state index contributed by atoms with van der Waals surface area (Å²) in [5, 5.41) is 3.50. The third kappa shape index (κ3) is 2.96. The lowest BCUT2D eigenvalue weighted by Crippen LogP contribution is -2.12. The van der Waals surface area contributed by atoms with Gasteiger partial charge in [0.2, 0.25) is 0 Å². The molecular formula is C19H17N3S. The Kier molecular flexibility index (Phi) is 3.77. The molecule has 0 aromatic heterocycles. The third-order valence-electron chi connectivity index (χ3n) is 3.92. The van der Waals surface area contributed by atoms with Gasteiger partial charge in [0, 0.05) is 34.2 Å². The number of para-hydroxylation sites is 1. The van der Waals surface area contributed by atoms with Crippen LogP contribution >= 0.6 is 11.8 Å². The van der Waals surface area contributed by atoms with Crippen LogP contribution in [0.3, 0.4) is 0 Å². The molecule has 0 fully saturated rings. The molecule has 0 saturated carbocycles. The van der Waals surface area contributed by atoms with Gasteiger partial charge in [-0.3, -0.25) is 4.99 Å². The molecular weight excluding hydrogens is 302 g/mol. The van der Waals surface area contributed by atoms with Crippen LogP contribution in [0.15, 0.2) is 81.2 Å². The summed E-state index contributed by atoms with van der Waals surface area (Å²) in [5.74, 6) is 0. The number of fused-ring (bicyclic) bond motifs is 1. The second-order valence-electron chi connectivity index (χ2n) is 5.54. The van der Waals surface area contributed by atoms with Crippen LogP contribution in [-0.4, -0.2) is 5.71 Å². The smallest absolute Gasteiger partial charge is 0.0633 e. The first kappa shape index (κ1) is 14.3. The first-order valence-corrected chi connectivity index (χ1v) is 8.45. The number of thioether (sulfide) groups is 1. The van der Waals surface area contributed by atoms with Gasteiger partial charge in [0.1, 0.15) is 0 Å². The fourth-order valence-corrected chi connectivity index (χ4v) is 3.77. The van der Waals surface area contributed by atoms with Gasteiger partial charge in [0.05, 0.1) is 11.4 Å². The van der Waals surface area contributed by atoms with Gasteiger partial charge in [-0.2, -0.15) is 0 Å². The van der Waals surface area contributed by atoms with E-state index in [4.69, 9.17) is 10.7 Å². The SMILES string of the molecule is NCc1ccc(N=C2C=CC3=C(C2)Sc2ccccc2N3)cc1. The quantitative estimate of drug-likeness (QED) is 0.850. The van der Waals surface area contributed by atoms with E-state index in [-0.39, 0.29) is 0 Å². The van der Waals surface area contributed by atoms with E-state index in [2.05, 4.69) is 41.7 Å². The predicted octanol–water partition coefficient (Wildman–Crippen LogP) is 4.61. The van der Waals surface area contributed by atoms with Crippen LogP contribution < -0.4 is 11.1 Å². The molecule has 3 nitrogen and oxygen atoms in total. The number of hydrogen-bond donors (Lipinski definition) is 2. The number of hydrogen-bond acceptors (Lipinski definition) is 4. The Morgan fingerprint density at radius 1 is 1.04 bits per heavy atom. The zero-order chi connectivity index (χ0) is 15.6. The number of nitrogens with two attached hydrogens (primary N) is 1. The highest BCUT2D eigenvalue weighted by Crippen LogP contribution is 2.42. The Balaban J connectivity index is 1.56. The molecule has 0 bridgehead atoms. The molecule has 2 aliphatic rings. The molecule has 0 atom stereocenters. The van der Waals surface area contributed by atoms with Crippen LogP contribution in [0.5, 0.6) is 0 Å². The van der Waals surface area contributed by atoms with E-state index in [9.17, 15) is 0 Å². The van der Waals surface area contributed by atoms with Gasteiger partial charge in [-0.25, -0.2) is 0 Å². The summed E-state index contributed by atoms with van der Waals surface area (Å²) < 4.78 is 0. The number of aliphatic imine (C=N–C) groups is 1. The molecule has 0 spiro atoms. The molecule has 2 aromatic rings. The number of benzene rings is 2. The van der Waals surface area contributed by atoms with Crippen molar-refractivity contribution in [3.05, 3.63) is 76.8 Å². The Morgan fingerprint density at radius 3 is 2.70 bits per heavy atom. The molecule has 0 amide bonds. The van der Waals surface area contributed by atoms with E-state index in [1.54, 1.807) is 0 Å². The maximum atomic E-state index is 5.63. The van der Waals surface area contributed by atoms with Crippen molar-refractivity contribution in [2.24, 2.45) is 10.7 Å². The minimum absolute atomic E-state index is 0.564. The standard InChI is InChI=1S/C19H17N3S/c20-12-13-5-7-14(8-6-13)21-15-9-10-17-19(11-15)23-18-4-2-1-3-16(18)22-17/h1-10,22H,11-12,20H2. The lowest BCUT2D eigenvalue weighted by Gasteiger charge is -2.24. The van der Waals surface area contributed by atoms with E-state index < -0.39 is 0 Å². The summed E-state index contributed by atoms with van der Waals surface area (Å²) in [6.07, 6.45) is 5.07. The monoisotopic (exact) mass is 319 g/mol. The topological polar surface area (TPSA) is 50.4 Å². The number of rotatable bonds is 2. The third-order valence-corrected chi connectivity index (χ3v) is 5.11. The number of nitrogens with one attached hydrogen (secondary N) is 1. The van der Waals surface area contributed by atoms with Crippen LogP contribution in [0.25, 0.3) is 0 Å². The fraction of sp³-hybridized carbons (Fsp3) is 0.105. The van der Waals surface area contributed by atoms with Crippen molar-refractivity contribution >= 4 is 28.8 Å². The summed E-state index contributed by atoms with van der Waals surface area (Å²) in [4.78, 5) is 7.35. The number of anilines is 1. The van der Waals surface area contributed by atoms with Gasteiger partial charge < -0.3 is 11.1 Å². The first-order valence-electron chi connectivity index (χ1n) is 7.63. The van der Waals surface area contributed by atoms with Gasteiger partial charge in [0.15, 0.2) is 0 Å². The van der Waals surface area contributed by atoms with Crippen LogP contribution in [0.2, 0.25) is 0 Å². The van der Waals surface area contributed by atoms with E-state index in [0.717, 1.165) is 23.4 Å². The van der Waals surface area contributed by atoms with Gasteiger partial charge >= 0.3 is 0 Å². The van der Waals surface area contributed by atoms with Gasteiger partial charge in [0.25, 0.3) is 0 Å². The Bertz CT molecular complexity index is 832. The summed E-state index contributed by atoms with van der Waals surface area (Å²) >= 11 is 1.83. The van der Waals surface area contributed by atoms with Crippen LogP contribution in [0.4, 0.5) is 11.4 Å². The number of allylic oxidation sites excluding steroid dienone is 3. The van der Waals surface area contributed by atoms with Crippen molar-refractivity contribution in [1.82, 2.24) is 0 Å². The maximum Gasteiger partial charge on any atom is 0.0633 e. The van der Waals surface area contributed by atoms with Crippen LogP contribution in [-0.2, 0) is 6.54 Å². The fourth-order valence-electron chi connectivity index (χ4n) is 2.68. The normalized spacial score (nSPS) is 17.7. The molecule has 4 rings (SSSR count). The van der Waals surface area contributed by atoms with Crippen molar-refractivity contribution in [1.29, 1.82) is 0 Å². The Morgan fingerprint density at radius 2 is 1.87 bits per heavy atom. The molecule has 3 N–H and O–H groups in total. The molecule has 0 radical (unpaired) electrons. The van der Waals surface area contributed by atoms with Crippen molar-refractivity contribution < 1.29 is 0 Å². The molecule has 1 aliphatic carbocycles. The first-order chi connectivity index (χ1) is 11.3. The zero-order valence-corrected chi connectivity index (χ0v) is 13.4. The van der Waals surface area contributed by atoms with Crippen molar-refractivity contribution in [2.75, 3.05) is 5.32 Å². The minimum Gasteiger partial charge on any atom is -0.354 e. The Labute approximate surface area is 140 Å². The van der Waals surface area contributed by atoms with E-state index >= 15 is 0 Å². The molecule has 2 aromatic carbocycles. The molecule has 0 saturated heterocycles. The second kappa shape index (κ2) is 6.07. The molecule has 1 heterocycles. The second-order valence-corrected chi connectivity index (χ2v) is 6.68. The molecule has 23 heavy (non-hydrogen) atoms. The van der Waals surface area contributed by atoms with Gasteiger partial charge in [-0.1, -0.05) is 36.0 Å². The highest BCUT2D eigenvalue weighted by Gasteiger charge is 2.20. The van der Waals surface area contributed by atoms with Gasteiger partial charge in [-0.15, -0.1) is 0 Å². The van der Waals surface area contributed by atoms with E-state index in [1.165, 1.54) is 21.2 Å². The summed E-state index contributed by atoms with van der Waals surface area (Å²) in [7, 11) is 0. The average Bonchev–Trinajstić information content (AvgIpc) is 2.60. The molecule has 114 valence electrons. The number of nitrogens with zero attached hydrogens (tertiary/aromatic N) is 1. The largest absolute Gasteiger partial charge is 0.354 e. The van der Waals surface area contributed by atoms with Crippen molar-refractivity contribution in [3.63, 3.8) is 0 Å². The molecule has 4 heteroatoms. The van der Waals surface area contributed by atoms with Crippen molar-refractivity contribution in [3.8, 4) is 0 Å². The van der Waals surface area contributed by atoms with E-state index in [1.807, 2.05) is 36.0 Å². The van der Waals surface area contributed by atoms with Crippen LogP contribution in [0, 0.1) is 0 Å². The van der Waals surface area contributed by atoms with Gasteiger partial charge in [-0.05, 0) is 42.0 Å². The highest BCUT2D eigenvalue weighted by molar-refractivity contribution is 8.03.